The largest absolute Gasteiger partial charge is 0.393 e. The summed E-state index contributed by atoms with van der Waals surface area (Å²) in [4.78, 5) is 14.2. The third-order valence-corrected chi connectivity index (χ3v) is 4.22. The number of aliphatic hydroxyl groups is 1. The van der Waals surface area contributed by atoms with Crippen molar-refractivity contribution in [1.29, 1.82) is 0 Å². The van der Waals surface area contributed by atoms with E-state index in [1.807, 2.05) is 24.0 Å². The van der Waals surface area contributed by atoms with Crippen molar-refractivity contribution in [2.24, 2.45) is 5.92 Å². The van der Waals surface area contributed by atoms with Gasteiger partial charge in [0.2, 0.25) is 0 Å². The second kappa shape index (κ2) is 6.40. The smallest absolute Gasteiger partial charge is 0.255 e. The summed E-state index contributed by atoms with van der Waals surface area (Å²) in [6.07, 6.45) is 2.28. The number of benzene rings is 1. The molecule has 1 atom stereocenters. The first-order chi connectivity index (χ1) is 9.13. The van der Waals surface area contributed by atoms with E-state index in [0.29, 0.717) is 29.6 Å². The minimum absolute atomic E-state index is 0.00459. The molecule has 1 heterocycles. The van der Waals surface area contributed by atoms with Crippen molar-refractivity contribution in [3.8, 4) is 0 Å². The van der Waals surface area contributed by atoms with Crippen LogP contribution >= 0.6 is 11.6 Å². The molecule has 1 aromatic rings. The van der Waals surface area contributed by atoms with Crippen molar-refractivity contribution >= 4 is 17.5 Å². The van der Waals surface area contributed by atoms with Crippen LogP contribution in [0.5, 0.6) is 0 Å². The normalized spacial score (nSPS) is 18.4. The zero-order chi connectivity index (χ0) is 13.8. The van der Waals surface area contributed by atoms with E-state index in [0.717, 1.165) is 19.3 Å². The Morgan fingerprint density at radius 3 is 2.63 bits per heavy atom. The molecule has 0 spiro atoms. The van der Waals surface area contributed by atoms with Gasteiger partial charge in [0.1, 0.15) is 0 Å². The van der Waals surface area contributed by atoms with Gasteiger partial charge in [-0.05, 0) is 37.3 Å². The lowest BCUT2D eigenvalue weighted by molar-refractivity contribution is 0.0454. The number of rotatable bonds is 3. The maximum absolute atomic E-state index is 12.3. The molecule has 1 fully saturated rings. The monoisotopic (exact) mass is 281 g/mol. The molecule has 1 aliphatic heterocycles. The molecule has 1 unspecified atom stereocenters. The molecule has 104 valence electrons. The van der Waals surface area contributed by atoms with Crippen LogP contribution in [-0.2, 0) is 0 Å². The van der Waals surface area contributed by atoms with Gasteiger partial charge in [-0.3, -0.25) is 4.79 Å². The summed E-state index contributed by atoms with van der Waals surface area (Å²) < 4.78 is 0. The van der Waals surface area contributed by atoms with Gasteiger partial charge in [0.05, 0.1) is 16.7 Å². The Kier molecular flexibility index (Phi) is 4.83. The standard InChI is InChI=1S/C15H20ClNO2/c1-2-14(18)11-7-9-17(10-8-11)15(19)12-5-3-4-6-13(12)16/h3-6,11,14,18H,2,7-10H2,1H3. The SMILES string of the molecule is CCC(O)C1CCN(C(=O)c2ccccc2Cl)CC1. The van der Waals surface area contributed by atoms with Crippen LogP contribution in [-0.4, -0.2) is 35.1 Å². The first-order valence-corrected chi connectivity index (χ1v) is 7.23. The molecule has 0 aliphatic carbocycles. The number of hydrogen-bond donors (Lipinski definition) is 1. The van der Waals surface area contributed by atoms with Gasteiger partial charge in [0, 0.05) is 13.1 Å². The summed E-state index contributed by atoms with van der Waals surface area (Å²) >= 11 is 6.05. The number of hydrogen-bond acceptors (Lipinski definition) is 2. The van der Waals surface area contributed by atoms with Crippen molar-refractivity contribution in [2.75, 3.05) is 13.1 Å². The lowest BCUT2D eigenvalue weighted by atomic mass is 9.90. The Morgan fingerprint density at radius 2 is 2.05 bits per heavy atom. The van der Waals surface area contributed by atoms with Gasteiger partial charge in [-0.1, -0.05) is 30.7 Å². The fourth-order valence-corrected chi connectivity index (χ4v) is 2.84. The first-order valence-electron chi connectivity index (χ1n) is 6.85. The molecule has 1 aliphatic rings. The van der Waals surface area contributed by atoms with E-state index in [4.69, 9.17) is 11.6 Å². The zero-order valence-corrected chi connectivity index (χ0v) is 11.9. The van der Waals surface area contributed by atoms with Crippen LogP contribution in [0.3, 0.4) is 0 Å². The Bertz CT molecular complexity index is 442. The molecular weight excluding hydrogens is 262 g/mol. The van der Waals surface area contributed by atoms with Crippen LogP contribution < -0.4 is 0 Å². The highest BCUT2D eigenvalue weighted by Crippen LogP contribution is 2.25. The molecule has 3 nitrogen and oxygen atoms in total. The fourth-order valence-electron chi connectivity index (χ4n) is 2.63. The van der Waals surface area contributed by atoms with Crippen LogP contribution in [0, 0.1) is 5.92 Å². The molecular formula is C15H20ClNO2. The number of aliphatic hydroxyl groups excluding tert-OH is 1. The van der Waals surface area contributed by atoms with Crippen molar-refractivity contribution in [3.05, 3.63) is 34.9 Å². The Balaban J connectivity index is 1.98. The number of piperidine rings is 1. The topological polar surface area (TPSA) is 40.5 Å². The predicted octanol–water partition coefficient (Wildman–Crippen LogP) is 2.96. The second-order valence-electron chi connectivity index (χ2n) is 5.09. The Morgan fingerprint density at radius 1 is 1.42 bits per heavy atom. The van der Waals surface area contributed by atoms with Crippen LogP contribution in [0.15, 0.2) is 24.3 Å². The van der Waals surface area contributed by atoms with Crippen molar-refractivity contribution in [3.63, 3.8) is 0 Å². The summed E-state index contributed by atoms with van der Waals surface area (Å²) in [5, 5.41) is 10.3. The van der Waals surface area contributed by atoms with E-state index in [2.05, 4.69) is 0 Å². The van der Waals surface area contributed by atoms with Crippen LogP contribution in [0.25, 0.3) is 0 Å². The molecule has 19 heavy (non-hydrogen) atoms. The van der Waals surface area contributed by atoms with E-state index in [1.165, 1.54) is 0 Å². The molecule has 0 aromatic heterocycles. The van der Waals surface area contributed by atoms with Gasteiger partial charge < -0.3 is 10.0 Å². The molecule has 4 heteroatoms. The summed E-state index contributed by atoms with van der Waals surface area (Å²) in [6, 6.07) is 7.15. The highest BCUT2D eigenvalue weighted by Gasteiger charge is 2.27. The number of nitrogens with zero attached hydrogens (tertiary/aromatic N) is 1. The molecule has 0 bridgehead atoms. The van der Waals surface area contributed by atoms with E-state index in [1.54, 1.807) is 12.1 Å². The number of amides is 1. The van der Waals surface area contributed by atoms with Gasteiger partial charge in [-0.15, -0.1) is 0 Å². The van der Waals surface area contributed by atoms with Crippen molar-refractivity contribution in [1.82, 2.24) is 4.90 Å². The summed E-state index contributed by atoms with van der Waals surface area (Å²) in [5.41, 5.74) is 0.568. The third kappa shape index (κ3) is 3.28. The molecule has 0 radical (unpaired) electrons. The summed E-state index contributed by atoms with van der Waals surface area (Å²) in [7, 11) is 0. The van der Waals surface area contributed by atoms with Crippen molar-refractivity contribution < 1.29 is 9.90 Å². The molecule has 1 saturated heterocycles. The highest BCUT2D eigenvalue weighted by atomic mass is 35.5. The van der Waals surface area contributed by atoms with Crippen molar-refractivity contribution in [2.45, 2.75) is 32.3 Å². The minimum Gasteiger partial charge on any atom is -0.393 e. The maximum Gasteiger partial charge on any atom is 0.255 e. The maximum atomic E-state index is 12.3. The van der Waals surface area contributed by atoms with Gasteiger partial charge in [0.25, 0.3) is 5.91 Å². The second-order valence-corrected chi connectivity index (χ2v) is 5.49. The Labute approximate surface area is 119 Å². The average molecular weight is 282 g/mol. The molecule has 1 amide bonds. The Hall–Kier alpha value is -1.06. The summed E-state index contributed by atoms with van der Waals surface area (Å²) in [6.45, 7) is 3.39. The fraction of sp³-hybridized carbons (Fsp3) is 0.533. The van der Waals surface area contributed by atoms with Gasteiger partial charge in [-0.2, -0.15) is 0 Å². The van der Waals surface area contributed by atoms with E-state index in [9.17, 15) is 9.90 Å². The number of carbonyl (C=O) groups excluding carboxylic acids is 1. The highest BCUT2D eigenvalue weighted by molar-refractivity contribution is 6.33. The van der Waals surface area contributed by atoms with Gasteiger partial charge in [0.15, 0.2) is 0 Å². The minimum atomic E-state index is -0.238. The zero-order valence-electron chi connectivity index (χ0n) is 11.2. The molecule has 1 aromatic carbocycles. The lowest BCUT2D eigenvalue weighted by Gasteiger charge is -2.34. The predicted molar refractivity (Wildman–Crippen MR) is 76.4 cm³/mol. The molecule has 0 saturated carbocycles. The number of carbonyl (C=O) groups is 1. The molecule has 1 N–H and O–H groups in total. The first kappa shape index (κ1) is 14.4. The number of likely N-dealkylation sites (tertiary alicyclic amines) is 1. The molecule has 2 rings (SSSR count). The third-order valence-electron chi connectivity index (χ3n) is 3.89. The van der Waals surface area contributed by atoms with Crippen LogP contribution in [0.4, 0.5) is 0 Å². The summed E-state index contributed by atoms with van der Waals surface area (Å²) in [5.74, 6) is 0.315. The van der Waals surface area contributed by atoms with Crippen LogP contribution in [0.2, 0.25) is 5.02 Å². The van der Waals surface area contributed by atoms with Crippen LogP contribution in [0.1, 0.15) is 36.5 Å². The average Bonchev–Trinajstić information content (AvgIpc) is 2.46. The van der Waals surface area contributed by atoms with E-state index in [-0.39, 0.29) is 12.0 Å². The van der Waals surface area contributed by atoms with Gasteiger partial charge in [-0.25, -0.2) is 0 Å². The van der Waals surface area contributed by atoms with E-state index >= 15 is 0 Å². The lowest BCUT2D eigenvalue weighted by Crippen LogP contribution is -2.41. The number of halogens is 1. The van der Waals surface area contributed by atoms with Gasteiger partial charge >= 0.3 is 0 Å². The van der Waals surface area contributed by atoms with E-state index < -0.39 is 0 Å². The quantitative estimate of drug-likeness (QED) is 0.925.